The van der Waals surface area contributed by atoms with Crippen LogP contribution in [0.2, 0.25) is 26.2 Å². The van der Waals surface area contributed by atoms with Gasteiger partial charge in [-0.2, -0.15) is 0 Å². The molecule has 27 heavy (non-hydrogen) atoms. The van der Waals surface area contributed by atoms with Gasteiger partial charge >= 0.3 is 0 Å². The monoisotopic (exact) mass is 389 g/mol. The molecule has 0 aliphatic heterocycles. The summed E-state index contributed by atoms with van der Waals surface area (Å²) in [6.45, 7) is 9.66. The molecule has 0 radical (unpaired) electrons. The molecule has 0 bridgehead atoms. The molecule has 140 valence electrons. The number of benzene rings is 2. The van der Waals surface area contributed by atoms with Gasteiger partial charge in [0.25, 0.3) is 0 Å². The SMILES string of the molecule is C[Si](C)(C=Cc1ccc2c(c1)CC2)N[Si](C)(C)C=Cc1ccc2c(c1)CC2. The molecule has 0 saturated heterocycles. The van der Waals surface area contributed by atoms with Crippen molar-refractivity contribution in [2.24, 2.45) is 0 Å². The van der Waals surface area contributed by atoms with Crippen molar-refractivity contribution in [3.8, 4) is 0 Å². The summed E-state index contributed by atoms with van der Waals surface area (Å²) in [6.07, 6.45) is 9.70. The van der Waals surface area contributed by atoms with Gasteiger partial charge in [-0.3, -0.25) is 0 Å². The van der Waals surface area contributed by atoms with Crippen LogP contribution in [0, 0.1) is 0 Å². The van der Waals surface area contributed by atoms with Crippen molar-refractivity contribution in [1.82, 2.24) is 4.65 Å². The predicted molar refractivity (Wildman–Crippen MR) is 124 cm³/mol. The van der Waals surface area contributed by atoms with E-state index < -0.39 is 16.5 Å². The standard InChI is InChI=1S/C24H31NSi2/c1-26(2,15-13-19-5-7-21-9-11-23(21)17-19)25-27(3,4)16-14-20-6-8-22-10-12-24(22)18-20/h5-8,13-18,25H,9-12H2,1-4H3. The van der Waals surface area contributed by atoms with Gasteiger partial charge in [0.1, 0.15) is 16.5 Å². The Labute approximate surface area is 166 Å². The largest absolute Gasteiger partial charge is 0.353 e. The van der Waals surface area contributed by atoms with E-state index in [1.165, 1.54) is 47.9 Å². The van der Waals surface area contributed by atoms with Gasteiger partial charge in [-0.05, 0) is 59.1 Å². The van der Waals surface area contributed by atoms with E-state index in [0.717, 1.165) is 0 Å². The van der Waals surface area contributed by atoms with Gasteiger partial charge in [0.05, 0.1) is 0 Å². The molecule has 4 rings (SSSR count). The number of nitrogens with one attached hydrogen (secondary N) is 1. The molecule has 1 N–H and O–H groups in total. The summed E-state index contributed by atoms with van der Waals surface area (Å²) in [5.41, 5.74) is 13.8. The lowest BCUT2D eigenvalue weighted by Gasteiger charge is -2.30. The molecule has 3 heteroatoms. The van der Waals surface area contributed by atoms with Crippen LogP contribution in [0.15, 0.2) is 47.8 Å². The average Bonchev–Trinajstić information content (AvgIpc) is 2.54. The Morgan fingerprint density at radius 2 is 1.04 bits per heavy atom. The predicted octanol–water partition coefficient (Wildman–Crippen LogP) is 5.69. The maximum Gasteiger partial charge on any atom is 0.137 e. The first-order valence-corrected chi connectivity index (χ1v) is 16.4. The van der Waals surface area contributed by atoms with E-state index in [4.69, 9.17) is 0 Å². The Kier molecular flexibility index (Phi) is 4.87. The summed E-state index contributed by atoms with van der Waals surface area (Å²) >= 11 is 0. The summed E-state index contributed by atoms with van der Waals surface area (Å²) in [4.78, 5) is 0. The lowest BCUT2D eigenvalue weighted by atomic mass is 9.87. The van der Waals surface area contributed by atoms with E-state index in [0.29, 0.717) is 0 Å². The van der Waals surface area contributed by atoms with Crippen LogP contribution in [-0.2, 0) is 25.7 Å². The highest BCUT2D eigenvalue weighted by atomic mass is 28.4. The van der Waals surface area contributed by atoms with Gasteiger partial charge in [-0.25, -0.2) is 0 Å². The first kappa shape index (κ1) is 18.7. The lowest BCUT2D eigenvalue weighted by molar-refractivity contribution is 0.839. The molecule has 0 amide bonds. The summed E-state index contributed by atoms with van der Waals surface area (Å²) in [5, 5.41) is 0. The summed E-state index contributed by atoms with van der Waals surface area (Å²) < 4.78 is 4.06. The topological polar surface area (TPSA) is 12.0 Å². The number of rotatable bonds is 6. The van der Waals surface area contributed by atoms with Gasteiger partial charge in [-0.1, -0.05) is 86.1 Å². The molecule has 0 heterocycles. The van der Waals surface area contributed by atoms with Crippen LogP contribution in [0.4, 0.5) is 0 Å². The van der Waals surface area contributed by atoms with Crippen LogP contribution in [0.25, 0.3) is 12.2 Å². The van der Waals surface area contributed by atoms with E-state index in [1.54, 1.807) is 11.1 Å². The highest BCUT2D eigenvalue weighted by Crippen LogP contribution is 2.25. The van der Waals surface area contributed by atoms with E-state index in [2.05, 4.69) is 90.8 Å². The van der Waals surface area contributed by atoms with E-state index >= 15 is 0 Å². The third-order valence-electron chi connectivity index (χ3n) is 5.82. The van der Waals surface area contributed by atoms with Crippen LogP contribution < -0.4 is 4.65 Å². The summed E-state index contributed by atoms with van der Waals surface area (Å²) in [6, 6.07) is 13.9. The normalized spacial score (nSPS) is 16.1. The fourth-order valence-electron chi connectivity index (χ4n) is 4.16. The molecule has 2 aliphatic rings. The second-order valence-electron chi connectivity index (χ2n) is 9.29. The molecule has 0 saturated carbocycles. The third-order valence-corrected chi connectivity index (χ3v) is 13.0. The Balaban J connectivity index is 1.41. The second-order valence-corrected chi connectivity index (χ2v) is 17.8. The van der Waals surface area contributed by atoms with Gasteiger partial charge < -0.3 is 4.65 Å². The van der Waals surface area contributed by atoms with Gasteiger partial charge in [0, 0.05) is 0 Å². The number of hydrogen-bond donors (Lipinski definition) is 1. The molecule has 0 fully saturated rings. The maximum atomic E-state index is 4.06. The Bertz CT molecular complexity index is 846. The molecule has 2 aromatic carbocycles. The zero-order valence-corrected chi connectivity index (χ0v) is 19.1. The van der Waals surface area contributed by atoms with Gasteiger partial charge in [0.15, 0.2) is 0 Å². The van der Waals surface area contributed by atoms with E-state index in [-0.39, 0.29) is 0 Å². The number of aryl methyl sites for hydroxylation is 4. The molecule has 2 aromatic rings. The maximum absolute atomic E-state index is 4.06. The van der Waals surface area contributed by atoms with Crippen molar-refractivity contribution >= 4 is 28.6 Å². The summed E-state index contributed by atoms with van der Waals surface area (Å²) in [7, 11) is -3.20. The van der Waals surface area contributed by atoms with Crippen molar-refractivity contribution in [3.05, 3.63) is 81.2 Å². The Hall–Kier alpha value is -1.69. The van der Waals surface area contributed by atoms with Crippen LogP contribution in [0.5, 0.6) is 0 Å². The minimum absolute atomic E-state index is 1.25. The minimum atomic E-state index is -1.60. The Morgan fingerprint density at radius 1 is 0.630 bits per heavy atom. The zero-order chi connectivity index (χ0) is 19.1. The van der Waals surface area contributed by atoms with E-state index in [1.807, 2.05) is 0 Å². The number of fused-ring (bicyclic) bond motifs is 2. The van der Waals surface area contributed by atoms with Crippen LogP contribution in [0.1, 0.15) is 33.4 Å². The van der Waals surface area contributed by atoms with Crippen LogP contribution in [-0.4, -0.2) is 16.5 Å². The van der Waals surface area contributed by atoms with Crippen molar-refractivity contribution in [1.29, 1.82) is 0 Å². The zero-order valence-electron chi connectivity index (χ0n) is 17.1. The third kappa shape index (κ3) is 4.42. The first-order chi connectivity index (χ1) is 12.8. The van der Waals surface area contributed by atoms with Crippen molar-refractivity contribution in [2.75, 3.05) is 0 Å². The van der Waals surface area contributed by atoms with Crippen molar-refractivity contribution < 1.29 is 0 Å². The fourth-order valence-corrected chi connectivity index (χ4v) is 12.7. The molecule has 2 aliphatic carbocycles. The van der Waals surface area contributed by atoms with Crippen molar-refractivity contribution in [2.45, 2.75) is 51.9 Å². The van der Waals surface area contributed by atoms with Gasteiger partial charge in [-0.15, -0.1) is 0 Å². The fraction of sp³-hybridized carbons (Fsp3) is 0.333. The molecule has 0 aromatic heterocycles. The molecule has 0 atom stereocenters. The highest BCUT2D eigenvalue weighted by molar-refractivity contribution is 6.96. The molecule has 0 unspecified atom stereocenters. The lowest BCUT2D eigenvalue weighted by Crippen LogP contribution is -2.57. The molecular weight excluding hydrogens is 358 g/mol. The molecule has 0 spiro atoms. The highest BCUT2D eigenvalue weighted by Gasteiger charge is 2.27. The van der Waals surface area contributed by atoms with Crippen molar-refractivity contribution in [3.63, 3.8) is 0 Å². The first-order valence-electron chi connectivity index (χ1n) is 10.2. The van der Waals surface area contributed by atoms with Crippen LogP contribution >= 0.6 is 0 Å². The summed E-state index contributed by atoms with van der Waals surface area (Å²) in [5.74, 6) is 0. The Morgan fingerprint density at radius 3 is 1.37 bits per heavy atom. The second kappa shape index (κ2) is 7.04. The molecule has 1 nitrogen and oxygen atoms in total. The smallest absolute Gasteiger partial charge is 0.137 e. The average molecular weight is 390 g/mol. The van der Waals surface area contributed by atoms with Crippen LogP contribution in [0.3, 0.4) is 0 Å². The molecular formula is C24H31NSi2. The number of hydrogen-bond acceptors (Lipinski definition) is 1. The van der Waals surface area contributed by atoms with E-state index in [9.17, 15) is 0 Å². The van der Waals surface area contributed by atoms with Gasteiger partial charge in [0.2, 0.25) is 0 Å². The quantitative estimate of drug-likeness (QED) is 0.626. The minimum Gasteiger partial charge on any atom is -0.353 e.